The van der Waals surface area contributed by atoms with E-state index in [1.807, 2.05) is 65.8 Å². The lowest BCUT2D eigenvalue weighted by Crippen LogP contribution is -2.51. The van der Waals surface area contributed by atoms with Gasteiger partial charge in [-0.15, -0.1) is 0 Å². The van der Waals surface area contributed by atoms with Crippen molar-refractivity contribution >= 4 is 70.0 Å². The first-order valence-corrected chi connectivity index (χ1v) is 21.4. The molecular formula is C43H51IN10O7. The summed E-state index contributed by atoms with van der Waals surface area (Å²) < 4.78 is 15.6. The highest BCUT2D eigenvalue weighted by Crippen LogP contribution is 2.43. The second kappa shape index (κ2) is 18.4. The molecule has 0 saturated carbocycles. The van der Waals surface area contributed by atoms with Crippen LogP contribution in [-0.4, -0.2) is 97.2 Å². The van der Waals surface area contributed by atoms with Crippen molar-refractivity contribution in [3.8, 4) is 33.6 Å². The number of hydrogen-bond acceptors (Lipinski definition) is 11. The van der Waals surface area contributed by atoms with Gasteiger partial charge in [-0.1, -0.05) is 39.8 Å². The molecule has 2 aliphatic rings. The molecule has 18 heteroatoms. The number of H-pyrrole nitrogens is 2. The number of nitrogens with one attached hydrogen (secondary N) is 4. The van der Waals surface area contributed by atoms with Crippen LogP contribution in [0.3, 0.4) is 0 Å². The summed E-state index contributed by atoms with van der Waals surface area (Å²) in [6.07, 6.45) is 8.49. The van der Waals surface area contributed by atoms with Crippen LogP contribution in [0.5, 0.6) is 0 Å². The van der Waals surface area contributed by atoms with Crippen molar-refractivity contribution in [2.45, 2.75) is 91.4 Å². The summed E-state index contributed by atoms with van der Waals surface area (Å²) in [6.45, 7) is 12.5. The maximum atomic E-state index is 13.7. The zero-order valence-electron chi connectivity index (χ0n) is 35.2. The number of halogens is 1. The number of amides is 4. The second-order valence-corrected chi connectivity index (χ2v) is 16.5. The third-order valence-electron chi connectivity index (χ3n) is 11.6. The number of nitrogens with zero attached hydrogens (tertiary/aromatic N) is 6. The Bertz CT molecular complexity index is 2460. The molecule has 0 unspecified atom stereocenters. The number of hydrogen-bond donors (Lipinski definition) is 4. The Hall–Kier alpha value is -5.79. The van der Waals surface area contributed by atoms with Gasteiger partial charge in [-0.3, -0.25) is 14.6 Å². The minimum Gasteiger partial charge on any atom is -0.453 e. The number of benzene rings is 2. The van der Waals surface area contributed by atoms with Crippen LogP contribution >= 0.6 is 23.0 Å². The van der Waals surface area contributed by atoms with Crippen LogP contribution in [0.4, 0.5) is 15.3 Å². The van der Waals surface area contributed by atoms with E-state index in [0.717, 1.165) is 70.6 Å². The maximum Gasteiger partial charge on any atom is 0.417 e. The molecule has 4 N–H and O–H groups in total. The number of aliphatic imine (C=N–C) groups is 1. The van der Waals surface area contributed by atoms with Gasteiger partial charge in [0.25, 0.3) is 0 Å². The summed E-state index contributed by atoms with van der Waals surface area (Å²) in [7, 11) is 1.28. The lowest BCUT2D eigenvalue weighted by molar-refractivity contribution is -0.136. The summed E-state index contributed by atoms with van der Waals surface area (Å²) in [5.74, 6) is 0.688. The van der Waals surface area contributed by atoms with Crippen LogP contribution in [-0.2, 0) is 17.4 Å². The predicted molar refractivity (Wildman–Crippen MR) is 237 cm³/mol. The molecule has 61 heavy (non-hydrogen) atoms. The molecule has 0 aliphatic carbocycles. The second-order valence-electron chi connectivity index (χ2n) is 16.0. The number of carbonyl (C=O) groups excluding carboxylic acids is 4. The SMILES string of the molecule is CC=Nc1c(-c2ccc(-c3cnc([C@@H]4CCCN4C(=O)[C@@H](NC(=O)OC)C(C)C)[nH]3)c3ncoc23)ccc(-c2cnc([C@@H]3CCCN3C(=O)[C@@H](NC(=O)OI)C(C)C)[nH]2)c1C. The molecule has 4 atom stereocenters. The Kier molecular flexibility index (Phi) is 13.1. The highest BCUT2D eigenvalue weighted by molar-refractivity contribution is 14.1. The number of likely N-dealkylation sites (tertiary alicyclic amines) is 2. The molecule has 7 rings (SSSR count). The molecule has 322 valence electrons. The van der Waals surface area contributed by atoms with Crippen LogP contribution in [0.2, 0.25) is 0 Å². The molecule has 0 spiro atoms. The zero-order chi connectivity index (χ0) is 43.5. The highest BCUT2D eigenvalue weighted by Gasteiger charge is 2.39. The van der Waals surface area contributed by atoms with E-state index in [1.165, 1.54) is 36.5 Å². The fraction of sp³-hybridized carbons (Fsp3) is 0.442. The maximum absolute atomic E-state index is 13.7. The van der Waals surface area contributed by atoms with Crippen LogP contribution in [0.1, 0.15) is 89.6 Å². The van der Waals surface area contributed by atoms with Crippen molar-refractivity contribution < 1.29 is 31.4 Å². The van der Waals surface area contributed by atoms with E-state index in [2.05, 4.69) is 25.6 Å². The third-order valence-corrected chi connectivity index (χ3v) is 12.0. The summed E-state index contributed by atoms with van der Waals surface area (Å²) >= 11 is 1.51. The Morgan fingerprint density at radius 2 is 1.34 bits per heavy atom. The number of aromatic nitrogens is 5. The van der Waals surface area contributed by atoms with Crippen molar-refractivity contribution in [1.29, 1.82) is 0 Å². The Morgan fingerprint density at radius 1 is 0.820 bits per heavy atom. The lowest BCUT2D eigenvalue weighted by Gasteiger charge is -2.30. The molecule has 2 saturated heterocycles. The van der Waals surface area contributed by atoms with Crippen LogP contribution in [0.15, 0.2) is 52.5 Å². The molecular weight excluding hydrogens is 895 g/mol. The van der Waals surface area contributed by atoms with Gasteiger partial charge in [-0.05, 0) is 69.1 Å². The number of aromatic amines is 2. The van der Waals surface area contributed by atoms with Gasteiger partial charge in [0.2, 0.25) is 11.8 Å². The molecule has 3 aromatic heterocycles. The standard InChI is InChI=1S/C43H51IN10O7/c1-8-45-35-24(6)25(29-19-46-38(49-29)31-11-9-18-54(31)41(56)34(23(4)5)52-43(58)61-44)13-14-26(35)27-15-16-28(36-37(27)60-21-48-36)30-20-47-39(50-30)32-12-10-17-53(32)40(55)33(22(2)3)51-42(57)59-7/h8,13-16,19-23,31-34H,9-12,17-18H2,1-7H3,(H,46,49)(H,47,50)(H,51,57)(H,52,58)/t31-,32-,33-,34-/m0/s1. The monoisotopic (exact) mass is 946 g/mol. The number of carbonyl (C=O) groups is 4. The third kappa shape index (κ3) is 8.58. The van der Waals surface area contributed by atoms with Crippen molar-refractivity contribution in [3.63, 3.8) is 0 Å². The van der Waals surface area contributed by atoms with Gasteiger partial charge < -0.3 is 42.6 Å². The van der Waals surface area contributed by atoms with E-state index in [0.29, 0.717) is 35.8 Å². The molecule has 2 aliphatic heterocycles. The van der Waals surface area contributed by atoms with E-state index < -0.39 is 24.3 Å². The normalized spacial score (nSPS) is 17.7. The van der Waals surface area contributed by atoms with Gasteiger partial charge in [0.1, 0.15) is 29.2 Å². The summed E-state index contributed by atoms with van der Waals surface area (Å²) in [5.41, 5.74) is 7.74. The Balaban J connectivity index is 1.16. The smallest absolute Gasteiger partial charge is 0.417 e. The molecule has 4 amide bonds. The number of ether oxygens (including phenoxy) is 1. The van der Waals surface area contributed by atoms with Gasteiger partial charge in [-0.25, -0.2) is 24.5 Å². The number of rotatable bonds is 12. The first-order chi connectivity index (χ1) is 29.4. The van der Waals surface area contributed by atoms with Crippen LogP contribution in [0, 0.1) is 18.8 Å². The number of imidazole rings is 2. The Labute approximate surface area is 367 Å². The highest BCUT2D eigenvalue weighted by atomic mass is 127. The average Bonchev–Trinajstić information content (AvgIpc) is 4.11. The fourth-order valence-electron chi connectivity index (χ4n) is 8.52. The van der Waals surface area contributed by atoms with Gasteiger partial charge in [0.15, 0.2) is 35.0 Å². The molecule has 0 radical (unpaired) electrons. The molecule has 0 bridgehead atoms. The Morgan fingerprint density at radius 3 is 1.89 bits per heavy atom. The predicted octanol–water partition coefficient (Wildman–Crippen LogP) is 8.11. The van der Waals surface area contributed by atoms with Gasteiger partial charge in [-0.2, -0.15) is 0 Å². The number of methoxy groups -OCH3 is 1. The number of oxazole rings is 1. The fourth-order valence-corrected chi connectivity index (χ4v) is 8.65. The molecule has 5 aromatic rings. The first-order valence-electron chi connectivity index (χ1n) is 20.5. The van der Waals surface area contributed by atoms with Crippen LogP contribution < -0.4 is 10.6 Å². The number of fused-ring (bicyclic) bond motifs is 1. The van der Waals surface area contributed by atoms with Gasteiger partial charge >= 0.3 is 12.2 Å². The van der Waals surface area contributed by atoms with E-state index in [1.54, 1.807) is 28.4 Å². The molecule has 17 nitrogen and oxygen atoms in total. The minimum atomic E-state index is -0.733. The minimum absolute atomic E-state index is 0.141. The van der Waals surface area contributed by atoms with E-state index in [4.69, 9.17) is 27.2 Å². The number of alkyl carbamates (subject to hydrolysis) is 1. The van der Waals surface area contributed by atoms with E-state index in [9.17, 15) is 19.2 Å². The van der Waals surface area contributed by atoms with Crippen molar-refractivity contribution in [1.82, 2.24) is 45.4 Å². The van der Waals surface area contributed by atoms with Gasteiger partial charge in [0, 0.05) is 41.6 Å². The summed E-state index contributed by atoms with van der Waals surface area (Å²) in [4.78, 5) is 81.1. The zero-order valence-corrected chi connectivity index (χ0v) is 37.4. The van der Waals surface area contributed by atoms with E-state index in [-0.39, 0.29) is 35.7 Å². The summed E-state index contributed by atoms with van der Waals surface area (Å²) in [5, 5.41) is 5.39. The first kappa shape index (κ1) is 43.3. The quantitative estimate of drug-likeness (QED) is 0.0697. The van der Waals surface area contributed by atoms with Crippen LogP contribution in [0.25, 0.3) is 44.7 Å². The largest absolute Gasteiger partial charge is 0.453 e. The van der Waals surface area contributed by atoms with E-state index >= 15 is 0 Å². The van der Waals surface area contributed by atoms with Crippen molar-refractivity contribution in [3.05, 3.63) is 60.3 Å². The molecule has 5 heterocycles. The van der Waals surface area contributed by atoms with Gasteiger partial charge in [0.05, 0.1) is 48.7 Å². The van der Waals surface area contributed by atoms with Crippen molar-refractivity contribution in [2.75, 3.05) is 20.2 Å². The molecule has 2 aromatic carbocycles. The summed E-state index contributed by atoms with van der Waals surface area (Å²) in [6, 6.07) is 5.98. The molecule has 2 fully saturated rings. The lowest BCUT2D eigenvalue weighted by atomic mass is 9.94. The average molecular weight is 947 g/mol. The topological polar surface area (TPSA) is 213 Å². The van der Waals surface area contributed by atoms with Crippen molar-refractivity contribution in [2.24, 2.45) is 16.8 Å².